The van der Waals surface area contributed by atoms with Crippen molar-refractivity contribution in [3.63, 3.8) is 0 Å². The fourth-order valence-electron chi connectivity index (χ4n) is 3.65. The molecule has 192 valence electrons. The van der Waals surface area contributed by atoms with Crippen LogP contribution in [0.2, 0.25) is 0 Å². The SMILES string of the molecule is Cc1ccc(-n2nc(-c3ccc(OC(C)CN(C)C)cc3)c3cccnc32)cc1.O=C(O)C=CC(=O)O. The van der Waals surface area contributed by atoms with Gasteiger partial charge in [-0.1, -0.05) is 17.7 Å². The number of hydrogen-bond donors (Lipinski definition) is 2. The molecule has 0 saturated carbocycles. The van der Waals surface area contributed by atoms with E-state index in [1.165, 1.54) is 5.56 Å². The lowest BCUT2D eigenvalue weighted by Crippen LogP contribution is -2.27. The average Bonchev–Trinajstić information content (AvgIpc) is 3.23. The first kappa shape index (κ1) is 27.1. The first-order valence-corrected chi connectivity index (χ1v) is 11.6. The Labute approximate surface area is 215 Å². The fourth-order valence-corrected chi connectivity index (χ4v) is 3.65. The van der Waals surface area contributed by atoms with Crippen molar-refractivity contribution in [3.05, 3.63) is 84.6 Å². The molecule has 0 aliphatic heterocycles. The summed E-state index contributed by atoms with van der Waals surface area (Å²) in [6.45, 7) is 5.03. The van der Waals surface area contributed by atoms with E-state index in [0.717, 1.165) is 40.3 Å². The molecule has 37 heavy (non-hydrogen) atoms. The number of benzene rings is 2. The lowest BCUT2D eigenvalue weighted by Gasteiger charge is -2.18. The minimum absolute atomic E-state index is 0.127. The lowest BCUT2D eigenvalue weighted by atomic mass is 10.1. The lowest BCUT2D eigenvalue weighted by molar-refractivity contribution is -0.134. The zero-order chi connectivity index (χ0) is 26.9. The van der Waals surface area contributed by atoms with Gasteiger partial charge in [-0.3, -0.25) is 0 Å². The van der Waals surface area contributed by atoms with Crippen LogP contribution in [0.3, 0.4) is 0 Å². The highest BCUT2D eigenvalue weighted by Gasteiger charge is 2.15. The highest BCUT2D eigenvalue weighted by Crippen LogP contribution is 2.30. The number of fused-ring (bicyclic) bond motifs is 1. The molecule has 2 aromatic carbocycles. The van der Waals surface area contributed by atoms with Crippen molar-refractivity contribution in [1.82, 2.24) is 19.7 Å². The average molecular weight is 503 g/mol. The summed E-state index contributed by atoms with van der Waals surface area (Å²) in [5.41, 5.74) is 5.04. The third-order valence-electron chi connectivity index (χ3n) is 5.18. The highest BCUT2D eigenvalue weighted by molar-refractivity contribution is 5.92. The molecule has 9 nitrogen and oxygen atoms in total. The summed E-state index contributed by atoms with van der Waals surface area (Å²) in [6, 6.07) is 20.5. The van der Waals surface area contributed by atoms with Crippen LogP contribution in [0.5, 0.6) is 5.75 Å². The van der Waals surface area contributed by atoms with Crippen LogP contribution in [0.25, 0.3) is 28.0 Å². The van der Waals surface area contributed by atoms with Crippen LogP contribution in [-0.2, 0) is 9.59 Å². The van der Waals surface area contributed by atoms with Crippen LogP contribution in [0, 0.1) is 6.92 Å². The van der Waals surface area contributed by atoms with Gasteiger partial charge in [0.05, 0.1) is 5.69 Å². The molecule has 2 N–H and O–H groups in total. The molecule has 0 amide bonds. The predicted molar refractivity (Wildman–Crippen MR) is 142 cm³/mol. The number of aromatic nitrogens is 3. The molecule has 0 fully saturated rings. The molecule has 0 radical (unpaired) electrons. The Kier molecular flexibility index (Phi) is 9.12. The van der Waals surface area contributed by atoms with Crippen molar-refractivity contribution >= 4 is 23.0 Å². The van der Waals surface area contributed by atoms with Gasteiger partial charge in [-0.2, -0.15) is 5.10 Å². The molecular formula is C28H30N4O5. The van der Waals surface area contributed by atoms with E-state index in [4.69, 9.17) is 20.0 Å². The summed E-state index contributed by atoms with van der Waals surface area (Å²) in [7, 11) is 4.10. The van der Waals surface area contributed by atoms with Crippen molar-refractivity contribution < 1.29 is 24.5 Å². The number of carbonyl (C=O) groups is 2. The standard InChI is InChI=1S/C24H26N4O.C4H4O4/c1-17-7-11-20(12-8-17)28-24-22(6-5-15-25-24)23(26-28)19-9-13-21(14-10-19)29-18(2)16-27(3)4;5-3(6)1-2-4(7)8/h5-15,18H,16H2,1-4H3;1-2H,(H,5,6)(H,7,8). The van der Waals surface area contributed by atoms with E-state index in [1.807, 2.05) is 43.2 Å². The second kappa shape index (κ2) is 12.5. The van der Waals surface area contributed by atoms with Crippen molar-refractivity contribution in [1.29, 1.82) is 0 Å². The van der Waals surface area contributed by atoms with E-state index in [-0.39, 0.29) is 6.10 Å². The largest absolute Gasteiger partial charge is 0.489 e. The number of likely N-dealkylation sites (N-methyl/N-ethyl adjacent to an activating group) is 1. The number of ether oxygens (including phenoxy) is 1. The molecule has 9 heteroatoms. The highest BCUT2D eigenvalue weighted by atomic mass is 16.5. The number of pyridine rings is 1. The van der Waals surface area contributed by atoms with Crippen LogP contribution >= 0.6 is 0 Å². The van der Waals surface area contributed by atoms with Crippen LogP contribution in [0.1, 0.15) is 12.5 Å². The topological polar surface area (TPSA) is 118 Å². The van der Waals surface area contributed by atoms with Crippen molar-refractivity contribution in [3.8, 4) is 22.7 Å². The van der Waals surface area contributed by atoms with E-state index in [0.29, 0.717) is 12.2 Å². The van der Waals surface area contributed by atoms with Crippen molar-refractivity contribution in [2.24, 2.45) is 0 Å². The summed E-state index contributed by atoms with van der Waals surface area (Å²) in [5, 5.41) is 21.6. The maximum absolute atomic E-state index is 9.55. The Hall–Kier alpha value is -4.50. The number of carboxylic acid groups (broad SMARTS) is 2. The first-order valence-electron chi connectivity index (χ1n) is 11.6. The number of aliphatic carboxylic acids is 2. The van der Waals surface area contributed by atoms with Gasteiger partial charge in [0, 0.05) is 35.8 Å². The number of aryl methyl sites for hydroxylation is 1. The molecule has 4 rings (SSSR count). The third-order valence-corrected chi connectivity index (χ3v) is 5.18. The molecule has 1 unspecified atom stereocenters. The Balaban J connectivity index is 0.000000414. The van der Waals surface area contributed by atoms with Crippen LogP contribution in [0.4, 0.5) is 0 Å². The first-order chi connectivity index (χ1) is 17.6. The minimum Gasteiger partial charge on any atom is -0.489 e. The summed E-state index contributed by atoms with van der Waals surface area (Å²) >= 11 is 0. The normalized spacial score (nSPS) is 11.8. The molecule has 0 bridgehead atoms. The van der Waals surface area contributed by atoms with E-state index in [1.54, 1.807) is 0 Å². The Morgan fingerprint density at radius 3 is 2.19 bits per heavy atom. The second-order valence-corrected chi connectivity index (χ2v) is 8.70. The summed E-state index contributed by atoms with van der Waals surface area (Å²) in [4.78, 5) is 25.8. The van der Waals surface area contributed by atoms with Gasteiger partial charge in [-0.15, -0.1) is 0 Å². The van der Waals surface area contributed by atoms with E-state index < -0.39 is 11.9 Å². The minimum atomic E-state index is -1.26. The van der Waals surface area contributed by atoms with Gasteiger partial charge >= 0.3 is 11.9 Å². The number of hydrogen-bond acceptors (Lipinski definition) is 6. The van der Waals surface area contributed by atoms with E-state index in [2.05, 4.69) is 66.2 Å². The molecule has 0 spiro atoms. The van der Waals surface area contributed by atoms with Gasteiger partial charge < -0.3 is 19.8 Å². The van der Waals surface area contributed by atoms with Gasteiger partial charge in [0.1, 0.15) is 17.5 Å². The predicted octanol–water partition coefficient (Wildman–Crippen LogP) is 4.44. The van der Waals surface area contributed by atoms with Gasteiger partial charge in [0.2, 0.25) is 0 Å². The maximum atomic E-state index is 9.55. The summed E-state index contributed by atoms with van der Waals surface area (Å²) < 4.78 is 7.92. The zero-order valence-corrected chi connectivity index (χ0v) is 21.2. The fraction of sp³-hybridized carbons (Fsp3) is 0.214. The molecular weight excluding hydrogens is 472 g/mol. The molecule has 0 aliphatic carbocycles. The Bertz CT molecular complexity index is 1360. The van der Waals surface area contributed by atoms with Crippen molar-refractivity contribution in [2.75, 3.05) is 20.6 Å². The summed E-state index contributed by atoms with van der Waals surface area (Å²) in [6.07, 6.45) is 3.05. The molecule has 4 aromatic rings. The van der Waals surface area contributed by atoms with Gasteiger partial charge in [-0.05, 0) is 76.5 Å². The maximum Gasteiger partial charge on any atom is 0.328 e. The van der Waals surface area contributed by atoms with Crippen LogP contribution < -0.4 is 4.74 Å². The van der Waals surface area contributed by atoms with Gasteiger partial charge in [0.15, 0.2) is 5.65 Å². The second-order valence-electron chi connectivity index (χ2n) is 8.70. The molecule has 0 aliphatic rings. The quantitative estimate of drug-likeness (QED) is 0.340. The van der Waals surface area contributed by atoms with Crippen LogP contribution in [0.15, 0.2) is 79.0 Å². The third kappa shape index (κ3) is 7.74. The Morgan fingerprint density at radius 2 is 1.62 bits per heavy atom. The summed E-state index contributed by atoms with van der Waals surface area (Å²) in [5.74, 6) is -1.65. The molecule has 2 heterocycles. The Morgan fingerprint density at radius 1 is 1.00 bits per heavy atom. The van der Waals surface area contributed by atoms with E-state index in [9.17, 15) is 9.59 Å². The molecule has 0 saturated heterocycles. The van der Waals surface area contributed by atoms with E-state index >= 15 is 0 Å². The molecule has 2 aromatic heterocycles. The number of rotatable bonds is 8. The monoisotopic (exact) mass is 502 g/mol. The smallest absolute Gasteiger partial charge is 0.328 e. The zero-order valence-electron chi connectivity index (χ0n) is 21.2. The number of nitrogens with zero attached hydrogens (tertiary/aromatic N) is 4. The molecule has 1 atom stereocenters. The van der Waals surface area contributed by atoms with Gasteiger partial charge in [-0.25, -0.2) is 19.3 Å². The van der Waals surface area contributed by atoms with Crippen molar-refractivity contribution in [2.45, 2.75) is 20.0 Å². The van der Waals surface area contributed by atoms with Crippen LogP contribution in [-0.4, -0.2) is 68.6 Å². The number of carboxylic acids is 2. The van der Waals surface area contributed by atoms with Gasteiger partial charge in [0.25, 0.3) is 0 Å².